The highest BCUT2D eigenvalue weighted by Crippen LogP contribution is 2.14. The number of ether oxygens (including phenoxy) is 1. The first kappa shape index (κ1) is 25.0. The standard InChI is InChI=1S/C21H27ClN2O2.2ClH/c1-17-2-8-21(9-3-17)26-16-20(25)15-24-12-10-23(11-13-24)14-18-4-6-19(22)7-5-18;;/h2-9,20,25H,10-16H2,1H3;2*1H. The Labute approximate surface area is 185 Å². The predicted octanol–water partition coefficient (Wildman–Crippen LogP) is 4.05. The van der Waals surface area contributed by atoms with E-state index in [1.165, 1.54) is 11.1 Å². The Balaban J connectivity index is 0.00000196. The number of hydrogen-bond donors (Lipinski definition) is 1. The van der Waals surface area contributed by atoms with Crippen LogP contribution >= 0.6 is 36.4 Å². The number of nitrogens with zero attached hydrogens (tertiary/aromatic N) is 2. The highest BCUT2D eigenvalue weighted by atomic mass is 35.5. The van der Waals surface area contributed by atoms with E-state index in [1.54, 1.807) is 0 Å². The minimum absolute atomic E-state index is 0. The van der Waals surface area contributed by atoms with E-state index in [0.717, 1.165) is 43.5 Å². The van der Waals surface area contributed by atoms with Gasteiger partial charge in [0.25, 0.3) is 0 Å². The van der Waals surface area contributed by atoms with Crippen LogP contribution < -0.4 is 4.74 Å². The van der Waals surface area contributed by atoms with Crippen LogP contribution in [0.25, 0.3) is 0 Å². The van der Waals surface area contributed by atoms with Crippen LogP contribution in [-0.4, -0.2) is 60.3 Å². The third kappa shape index (κ3) is 8.16. The number of rotatable bonds is 7. The molecule has 0 amide bonds. The highest BCUT2D eigenvalue weighted by Gasteiger charge is 2.19. The minimum Gasteiger partial charge on any atom is -0.491 e. The first-order chi connectivity index (χ1) is 12.6. The van der Waals surface area contributed by atoms with E-state index >= 15 is 0 Å². The van der Waals surface area contributed by atoms with E-state index in [-0.39, 0.29) is 24.8 Å². The summed E-state index contributed by atoms with van der Waals surface area (Å²) in [6, 6.07) is 16.0. The molecule has 1 aliphatic rings. The number of aliphatic hydroxyl groups is 1. The van der Waals surface area contributed by atoms with Crippen LogP contribution in [-0.2, 0) is 6.54 Å². The van der Waals surface area contributed by atoms with Crippen LogP contribution in [0.1, 0.15) is 11.1 Å². The van der Waals surface area contributed by atoms with E-state index < -0.39 is 6.10 Å². The van der Waals surface area contributed by atoms with Crippen LogP contribution in [0.4, 0.5) is 0 Å². The van der Waals surface area contributed by atoms with Gasteiger partial charge in [-0.3, -0.25) is 9.80 Å². The van der Waals surface area contributed by atoms with Crippen molar-refractivity contribution in [1.82, 2.24) is 9.80 Å². The maximum atomic E-state index is 10.3. The maximum absolute atomic E-state index is 10.3. The molecule has 3 rings (SSSR count). The van der Waals surface area contributed by atoms with Gasteiger partial charge in [0.15, 0.2) is 0 Å². The Hall–Kier alpha value is -1.01. The van der Waals surface area contributed by atoms with Crippen molar-refractivity contribution in [2.45, 2.75) is 19.6 Å². The molecule has 0 saturated carbocycles. The van der Waals surface area contributed by atoms with Crippen molar-refractivity contribution >= 4 is 36.4 Å². The summed E-state index contributed by atoms with van der Waals surface area (Å²) in [5.74, 6) is 0.808. The fourth-order valence-corrected chi connectivity index (χ4v) is 3.28. The molecule has 2 aromatic carbocycles. The van der Waals surface area contributed by atoms with Gasteiger partial charge in [-0.25, -0.2) is 0 Å². The number of piperazine rings is 1. The zero-order valence-electron chi connectivity index (χ0n) is 16.1. The molecule has 1 heterocycles. The molecule has 156 valence electrons. The lowest BCUT2D eigenvalue weighted by Crippen LogP contribution is -2.48. The van der Waals surface area contributed by atoms with Crippen LogP contribution in [0.2, 0.25) is 5.02 Å². The van der Waals surface area contributed by atoms with E-state index in [9.17, 15) is 5.11 Å². The van der Waals surface area contributed by atoms with Crippen molar-refractivity contribution in [3.8, 4) is 5.75 Å². The molecule has 0 aliphatic carbocycles. The van der Waals surface area contributed by atoms with Gasteiger partial charge in [-0.05, 0) is 36.8 Å². The average Bonchev–Trinajstić information content (AvgIpc) is 2.65. The largest absolute Gasteiger partial charge is 0.491 e. The molecule has 0 aromatic heterocycles. The summed E-state index contributed by atoms with van der Waals surface area (Å²) < 4.78 is 5.68. The SMILES string of the molecule is Cc1ccc(OCC(O)CN2CCN(Cc3ccc(Cl)cc3)CC2)cc1.Cl.Cl. The number of halogens is 3. The van der Waals surface area contributed by atoms with E-state index in [0.29, 0.717) is 13.2 Å². The lowest BCUT2D eigenvalue weighted by molar-refractivity contribution is 0.0446. The Morgan fingerprint density at radius 1 is 0.929 bits per heavy atom. The zero-order chi connectivity index (χ0) is 18.4. The van der Waals surface area contributed by atoms with Gasteiger partial charge in [0.05, 0.1) is 0 Å². The van der Waals surface area contributed by atoms with Gasteiger partial charge in [0, 0.05) is 44.3 Å². The van der Waals surface area contributed by atoms with Gasteiger partial charge in [0.2, 0.25) is 0 Å². The van der Waals surface area contributed by atoms with Crippen LogP contribution in [0.15, 0.2) is 48.5 Å². The zero-order valence-corrected chi connectivity index (χ0v) is 18.5. The monoisotopic (exact) mass is 446 g/mol. The van der Waals surface area contributed by atoms with Gasteiger partial charge < -0.3 is 9.84 Å². The Kier molecular flexibility index (Phi) is 11.2. The Morgan fingerprint density at radius 2 is 1.50 bits per heavy atom. The summed E-state index contributed by atoms with van der Waals surface area (Å²) in [4.78, 5) is 4.75. The van der Waals surface area contributed by atoms with Gasteiger partial charge in [-0.15, -0.1) is 24.8 Å². The summed E-state index contributed by atoms with van der Waals surface area (Å²) in [6.45, 7) is 7.93. The first-order valence-electron chi connectivity index (χ1n) is 9.15. The molecule has 1 unspecified atom stereocenters. The molecule has 1 atom stereocenters. The van der Waals surface area contributed by atoms with Crippen molar-refractivity contribution in [1.29, 1.82) is 0 Å². The van der Waals surface area contributed by atoms with Gasteiger partial charge in [0.1, 0.15) is 18.5 Å². The molecule has 1 N–H and O–H groups in total. The van der Waals surface area contributed by atoms with Gasteiger partial charge >= 0.3 is 0 Å². The number of aliphatic hydroxyl groups excluding tert-OH is 1. The second-order valence-electron chi connectivity index (χ2n) is 6.98. The summed E-state index contributed by atoms with van der Waals surface area (Å²) in [7, 11) is 0. The normalized spacial score (nSPS) is 16.0. The highest BCUT2D eigenvalue weighted by molar-refractivity contribution is 6.30. The summed E-state index contributed by atoms with van der Waals surface area (Å²) in [6.07, 6.45) is -0.473. The molecule has 4 nitrogen and oxygen atoms in total. The molecule has 1 aliphatic heterocycles. The maximum Gasteiger partial charge on any atom is 0.119 e. The van der Waals surface area contributed by atoms with Crippen LogP contribution in [0, 0.1) is 6.92 Å². The molecule has 7 heteroatoms. The van der Waals surface area contributed by atoms with E-state index in [1.807, 2.05) is 43.3 Å². The summed E-state index contributed by atoms with van der Waals surface area (Å²) in [5, 5.41) is 11.0. The number of benzene rings is 2. The molecule has 2 aromatic rings. The molecular formula is C21H29Cl3N2O2. The van der Waals surface area contributed by atoms with E-state index in [4.69, 9.17) is 16.3 Å². The molecule has 28 heavy (non-hydrogen) atoms. The number of β-amino-alcohol motifs (C(OH)–C–C–N with tert-alkyl or cyclic N) is 1. The summed E-state index contributed by atoms with van der Waals surface area (Å²) in [5.41, 5.74) is 2.49. The average molecular weight is 448 g/mol. The van der Waals surface area contributed by atoms with Crippen LogP contribution in [0.3, 0.4) is 0 Å². The smallest absolute Gasteiger partial charge is 0.119 e. The predicted molar refractivity (Wildman–Crippen MR) is 120 cm³/mol. The van der Waals surface area contributed by atoms with Gasteiger partial charge in [-0.2, -0.15) is 0 Å². The van der Waals surface area contributed by atoms with Crippen molar-refractivity contribution < 1.29 is 9.84 Å². The second-order valence-corrected chi connectivity index (χ2v) is 7.42. The van der Waals surface area contributed by atoms with Crippen molar-refractivity contribution in [2.75, 3.05) is 39.3 Å². The number of aryl methyl sites for hydroxylation is 1. The Bertz CT molecular complexity index is 675. The van der Waals surface area contributed by atoms with Crippen LogP contribution in [0.5, 0.6) is 5.75 Å². The third-order valence-electron chi connectivity index (χ3n) is 4.72. The molecule has 0 bridgehead atoms. The van der Waals surface area contributed by atoms with Gasteiger partial charge in [-0.1, -0.05) is 41.4 Å². The molecule has 1 saturated heterocycles. The molecule has 1 fully saturated rings. The fourth-order valence-electron chi connectivity index (χ4n) is 3.16. The first-order valence-corrected chi connectivity index (χ1v) is 9.53. The third-order valence-corrected chi connectivity index (χ3v) is 4.97. The van der Waals surface area contributed by atoms with Crippen molar-refractivity contribution in [3.05, 3.63) is 64.7 Å². The lowest BCUT2D eigenvalue weighted by Gasteiger charge is -2.35. The second kappa shape index (κ2) is 12.5. The number of hydrogen-bond acceptors (Lipinski definition) is 4. The quantitative estimate of drug-likeness (QED) is 0.694. The molecule has 0 spiro atoms. The fraction of sp³-hybridized carbons (Fsp3) is 0.429. The minimum atomic E-state index is -0.473. The van der Waals surface area contributed by atoms with Crippen molar-refractivity contribution in [3.63, 3.8) is 0 Å². The van der Waals surface area contributed by atoms with Crippen molar-refractivity contribution in [2.24, 2.45) is 0 Å². The molecular weight excluding hydrogens is 419 g/mol. The Morgan fingerprint density at radius 3 is 2.11 bits per heavy atom. The molecule has 0 radical (unpaired) electrons. The summed E-state index contributed by atoms with van der Waals surface area (Å²) >= 11 is 5.94. The van der Waals surface area contributed by atoms with E-state index in [2.05, 4.69) is 21.9 Å². The lowest BCUT2D eigenvalue weighted by atomic mass is 10.2. The topological polar surface area (TPSA) is 35.9 Å².